The molecular formula is C21H29N5O4. The molecule has 1 fully saturated rings. The summed E-state index contributed by atoms with van der Waals surface area (Å²) in [6.07, 6.45) is 0.510. The van der Waals surface area contributed by atoms with Gasteiger partial charge in [0, 0.05) is 18.8 Å². The molecule has 2 unspecified atom stereocenters. The molecule has 0 aromatic heterocycles. The lowest BCUT2D eigenvalue weighted by molar-refractivity contribution is -0.122. The second-order valence-corrected chi connectivity index (χ2v) is 9.36. The fourth-order valence-corrected chi connectivity index (χ4v) is 4.00. The van der Waals surface area contributed by atoms with Gasteiger partial charge in [0.15, 0.2) is 5.84 Å². The molecule has 1 aromatic rings. The number of nitrogens with one attached hydrogen (secondary N) is 2. The van der Waals surface area contributed by atoms with Crippen molar-refractivity contribution in [3.8, 4) is 5.75 Å². The number of fused-ring (bicyclic) bond motifs is 3. The second kappa shape index (κ2) is 7.07. The van der Waals surface area contributed by atoms with Crippen molar-refractivity contribution < 1.29 is 19.1 Å². The fraction of sp³-hybridized carbons (Fsp3) is 0.571. The average molecular weight is 415 g/mol. The van der Waals surface area contributed by atoms with Gasteiger partial charge >= 0.3 is 6.09 Å². The maximum Gasteiger partial charge on any atom is 0.410 e. The number of ether oxygens (including phenoxy) is 2. The number of anilines is 2. The number of likely N-dealkylation sites (tertiary alicyclic amines) is 1. The van der Waals surface area contributed by atoms with E-state index in [1.807, 2.05) is 50.8 Å². The topological polar surface area (TPSA) is 95.5 Å². The monoisotopic (exact) mass is 415 g/mol. The Morgan fingerprint density at radius 1 is 1.40 bits per heavy atom. The lowest BCUT2D eigenvalue weighted by atomic mass is 10.0. The van der Waals surface area contributed by atoms with Crippen molar-refractivity contribution in [3.63, 3.8) is 0 Å². The van der Waals surface area contributed by atoms with Crippen LogP contribution in [0.25, 0.3) is 0 Å². The van der Waals surface area contributed by atoms with Crippen LogP contribution in [0, 0.1) is 0 Å². The zero-order valence-electron chi connectivity index (χ0n) is 18.1. The third kappa shape index (κ3) is 3.88. The Morgan fingerprint density at radius 3 is 2.90 bits per heavy atom. The molecule has 2 N–H and O–H groups in total. The van der Waals surface area contributed by atoms with E-state index in [0.29, 0.717) is 31.3 Å². The maximum atomic E-state index is 12.4. The number of carbonyl (C=O) groups excluding carboxylic acids is 2. The van der Waals surface area contributed by atoms with Crippen LogP contribution in [0.15, 0.2) is 23.3 Å². The van der Waals surface area contributed by atoms with E-state index < -0.39 is 5.60 Å². The van der Waals surface area contributed by atoms with Gasteiger partial charge in [0.2, 0.25) is 0 Å². The number of rotatable bonds is 2. The molecule has 2 atom stereocenters. The van der Waals surface area contributed by atoms with Gasteiger partial charge < -0.3 is 24.6 Å². The summed E-state index contributed by atoms with van der Waals surface area (Å²) in [7, 11) is 0. The second-order valence-electron chi connectivity index (χ2n) is 9.36. The third-order valence-corrected chi connectivity index (χ3v) is 5.49. The highest BCUT2D eigenvalue weighted by Gasteiger charge is 2.39. The summed E-state index contributed by atoms with van der Waals surface area (Å²) < 4.78 is 11.3. The number of benzene rings is 1. The number of nitrogens with zero attached hydrogens (tertiary/aromatic N) is 3. The summed E-state index contributed by atoms with van der Waals surface area (Å²) in [5.41, 5.74) is 3.43. The van der Waals surface area contributed by atoms with E-state index in [0.717, 1.165) is 17.8 Å². The first kappa shape index (κ1) is 20.3. The van der Waals surface area contributed by atoms with Crippen LogP contribution >= 0.6 is 0 Å². The van der Waals surface area contributed by atoms with Crippen molar-refractivity contribution in [2.75, 3.05) is 29.9 Å². The Kier molecular flexibility index (Phi) is 4.79. The summed E-state index contributed by atoms with van der Waals surface area (Å²) in [5, 5.41) is 7.69. The van der Waals surface area contributed by atoms with Crippen LogP contribution in [0.3, 0.4) is 0 Å². The number of amides is 2. The Balaban J connectivity index is 1.51. The van der Waals surface area contributed by atoms with Crippen molar-refractivity contribution in [1.29, 1.82) is 0 Å². The Morgan fingerprint density at radius 2 is 2.17 bits per heavy atom. The molecular weight excluding hydrogens is 386 g/mol. The highest BCUT2D eigenvalue weighted by molar-refractivity contribution is 6.09. The van der Waals surface area contributed by atoms with Crippen LogP contribution in [0.4, 0.5) is 16.2 Å². The van der Waals surface area contributed by atoms with Gasteiger partial charge in [0.25, 0.3) is 5.91 Å². The van der Waals surface area contributed by atoms with E-state index in [-0.39, 0.29) is 23.6 Å². The fourth-order valence-electron chi connectivity index (χ4n) is 4.00. The summed E-state index contributed by atoms with van der Waals surface area (Å²) in [6, 6.07) is 5.45. The van der Waals surface area contributed by atoms with Crippen molar-refractivity contribution in [3.05, 3.63) is 18.2 Å². The van der Waals surface area contributed by atoms with Crippen molar-refractivity contribution >= 4 is 29.2 Å². The third-order valence-electron chi connectivity index (χ3n) is 5.49. The Bertz CT molecular complexity index is 909. The quantitative estimate of drug-likeness (QED) is 0.771. The molecule has 4 rings (SSSR count). The van der Waals surface area contributed by atoms with Gasteiger partial charge in [0.1, 0.15) is 24.0 Å². The number of hydrazone groups is 1. The molecule has 1 aromatic carbocycles. The van der Waals surface area contributed by atoms with Crippen molar-refractivity contribution in [2.24, 2.45) is 5.10 Å². The van der Waals surface area contributed by atoms with Crippen molar-refractivity contribution in [1.82, 2.24) is 10.3 Å². The van der Waals surface area contributed by atoms with Crippen LogP contribution in [-0.4, -0.2) is 59.6 Å². The molecule has 9 heteroatoms. The molecule has 0 spiro atoms. The number of carbonyl (C=O) groups is 2. The minimum atomic E-state index is -0.515. The molecule has 162 valence electrons. The van der Waals surface area contributed by atoms with Crippen LogP contribution in [0.5, 0.6) is 5.75 Å². The van der Waals surface area contributed by atoms with Crippen LogP contribution in [0.1, 0.15) is 41.0 Å². The van der Waals surface area contributed by atoms with E-state index in [1.54, 1.807) is 4.90 Å². The van der Waals surface area contributed by atoms with E-state index in [2.05, 4.69) is 22.8 Å². The highest BCUT2D eigenvalue weighted by atomic mass is 16.6. The van der Waals surface area contributed by atoms with E-state index >= 15 is 0 Å². The first-order valence-corrected chi connectivity index (χ1v) is 10.2. The first-order valence-electron chi connectivity index (χ1n) is 10.2. The molecule has 3 aliphatic rings. The van der Waals surface area contributed by atoms with E-state index in [1.165, 1.54) is 0 Å². The standard InChI is InChI=1S/C21H29N5O4/c1-13-18(27)24-23-17-11-29-16-7-6-14(10-15(16)26(13)17)22-21(5)8-9-25(12-21)19(28)30-20(2,3)4/h6-7,10,13,22H,8-9,11-12H2,1-5H3,(H,24,27). The van der Waals surface area contributed by atoms with Crippen LogP contribution in [0.2, 0.25) is 0 Å². The van der Waals surface area contributed by atoms with Gasteiger partial charge in [-0.1, -0.05) is 0 Å². The van der Waals surface area contributed by atoms with Gasteiger partial charge in [0.05, 0.1) is 11.2 Å². The molecule has 3 heterocycles. The first-order chi connectivity index (χ1) is 14.0. The molecule has 0 bridgehead atoms. The van der Waals surface area contributed by atoms with E-state index in [9.17, 15) is 9.59 Å². The zero-order chi connectivity index (χ0) is 21.7. The highest BCUT2D eigenvalue weighted by Crippen LogP contribution is 2.38. The minimum absolute atomic E-state index is 0.152. The molecule has 3 aliphatic heterocycles. The molecule has 0 saturated carbocycles. The van der Waals surface area contributed by atoms with Gasteiger partial charge in [-0.15, -0.1) is 0 Å². The van der Waals surface area contributed by atoms with Crippen molar-refractivity contribution in [2.45, 2.75) is 58.2 Å². The van der Waals surface area contributed by atoms with Gasteiger partial charge in [-0.05, 0) is 59.2 Å². The van der Waals surface area contributed by atoms with Gasteiger partial charge in [-0.3, -0.25) is 4.79 Å². The lowest BCUT2D eigenvalue weighted by Gasteiger charge is -2.38. The summed E-state index contributed by atoms with van der Waals surface area (Å²) >= 11 is 0. The Hall–Kier alpha value is -2.97. The van der Waals surface area contributed by atoms with Crippen LogP contribution in [-0.2, 0) is 9.53 Å². The zero-order valence-corrected chi connectivity index (χ0v) is 18.1. The van der Waals surface area contributed by atoms with Gasteiger partial charge in [-0.25, -0.2) is 10.2 Å². The van der Waals surface area contributed by atoms with Gasteiger partial charge in [-0.2, -0.15) is 5.10 Å². The molecule has 0 aliphatic carbocycles. The molecule has 30 heavy (non-hydrogen) atoms. The maximum absolute atomic E-state index is 12.4. The summed E-state index contributed by atoms with van der Waals surface area (Å²) in [4.78, 5) is 28.2. The number of amidine groups is 1. The molecule has 2 amide bonds. The normalized spacial score (nSPS) is 25.6. The number of hydrogen-bond donors (Lipinski definition) is 2. The largest absolute Gasteiger partial charge is 0.483 e. The van der Waals surface area contributed by atoms with Crippen LogP contribution < -0.4 is 20.4 Å². The average Bonchev–Trinajstić information content (AvgIpc) is 3.05. The smallest absolute Gasteiger partial charge is 0.410 e. The number of hydrogen-bond acceptors (Lipinski definition) is 7. The minimum Gasteiger partial charge on any atom is -0.483 e. The molecule has 1 saturated heterocycles. The van der Waals surface area contributed by atoms with E-state index in [4.69, 9.17) is 9.47 Å². The predicted molar refractivity (Wildman–Crippen MR) is 114 cm³/mol. The molecule has 9 nitrogen and oxygen atoms in total. The summed E-state index contributed by atoms with van der Waals surface area (Å²) in [5.74, 6) is 1.24. The predicted octanol–water partition coefficient (Wildman–Crippen LogP) is 2.53. The SMILES string of the molecule is CC1C(=O)NN=C2COc3ccc(NC4(C)CCN(C(=O)OC(C)(C)C)C4)cc3N21. The Labute approximate surface area is 176 Å². The molecule has 0 radical (unpaired) electrons. The summed E-state index contributed by atoms with van der Waals surface area (Å²) in [6.45, 7) is 11.0. The lowest BCUT2D eigenvalue weighted by Crippen LogP contribution is -2.55.